The third-order valence-electron chi connectivity index (χ3n) is 1.21. The van der Waals surface area contributed by atoms with E-state index in [1.807, 2.05) is 0 Å². The third kappa shape index (κ3) is 0.738. The molecule has 2 unspecified atom stereocenters. The van der Waals surface area contributed by atoms with Crippen molar-refractivity contribution in [1.82, 2.24) is 0 Å². The minimum absolute atomic E-state index is 0.212. The van der Waals surface area contributed by atoms with Crippen LogP contribution in [0.15, 0.2) is 0 Å². The summed E-state index contributed by atoms with van der Waals surface area (Å²) in [4.78, 5) is 0. The van der Waals surface area contributed by atoms with E-state index in [9.17, 15) is 8.78 Å². The van der Waals surface area contributed by atoms with Crippen molar-refractivity contribution in [3.63, 3.8) is 0 Å². The fourth-order valence-electron chi connectivity index (χ4n) is 0.480. The van der Waals surface area contributed by atoms with Gasteiger partial charge in [-0.3, -0.25) is 0 Å². The van der Waals surface area contributed by atoms with Gasteiger partial charge in [0.1, 0.15) is 6.17 Å². The molecule has 0 heterocycles. The quantitative estimate of drug-likeness (QED) is 0.462. The van der Waals surface area contributed by atoms with E-state index in [-0.39, 0.29) is 6.42 Å². The Morgan fingerprint density at radius 2 is 2.14 bits per heavy atom. The second-order valence-corrected chi connectivity index (χ2v) is 2.47. The minimum atomic E-state index is -1.90. The van der Waals surface area contributed by atoms with Crippen LogP contribution in [0.1, 0.15) is 12.8 Å². The molecule has 0 bridgehead atoms. The number of alkyl halides is 2. The van der Waals surface area contributed by atoms with Gasteiger partial charge < -0.3 is 0 Å². The molecule has 3 heteroatoms. The summed E-state index contributed by atoms with van der Waals surface area (Å²) >= 11 is 4.15. The molecule has 0 nitrogen and oxygen atoms in total. The molecule has 2 atom stereocenters. The van der Waals surface area contributed by atoms with Gasteiger partial charge in [-0.25, -0.2) is 8.78 Å². The zero-order valence-corrected chi connectivity index (χ0v) is 4.47. The SMILES string of the molecule is FC1CCC1(F)[S]. The monoisotopic (exact) mass is 123 g/mol. The summed E-state index contributed by atoms with van der Waals surface area (Å²) in [7, 11) is 0. The van der Waals surface area contributed by atoms with E-state index in [2.05, 4.69) is 12.6 Å². The molecule has 0 amide bonds. The van der Waals surface area contributed by atoms with Gasteiger partial charge in [0.25, 0.3) is 0 Å². The van der Waals surface area contributed by atoms with E-state index in [4.69, 9.17) is 0 Å². The lowest BCUT2D eigenvalue weighted by atomic mass is 9.94. The van der Waals surface area contributed by atoms with Crippen LogP contribution in [0, 0.1) is 0 Å². The molecule has 1 rings (SSSR count). The van der Waals surface area contributed by atoms with Crippen molar-refractivity contribution in [3.8, 4) is 0 Å². The number of hydrogen-bond acceptors (Lipinski definition) is 0. The Hall–Kier alpha value is 0.210. The maximum atomic E-state index is 12.0. The van der Waals surface area contributed by atoms with Crippen molar-refractivity contribution in [2.45, 2.75) is 24.0 Å². The van der Waals surface area contributed by atoms with Gasteiger partial charge in [-0.15, -0.1) is 0 Å². The molecule has 0 spiro atoms. The normalized spacial score (nSPS) is 51.0. The van der Waals surface area contributed by atoms with Crippen LogP contribution < -0.4 is 0 Å². The Bertz CT molecular complexity index is 81.8. The van der Waals surface area contributed by atoms with Crippen molar-refractivity contribution in [2.24, 2.45) is 0 Å². The van der Waals surface area contributed by atoms with Gasteiger partial charge in [-0.1, -0.05) is 0 Å². The number of rotatable bonds is 0. The predicted molar refractivity (Wildman–Crippen MR) is 25.6 cm³/mol. The highest BCUT2D eigenvalue weighted by Gasteiger charge is 2.45. The zero-order valence-electron chi connectivity index (χ0n) is 3.66. The third-order valence-corrected chi connectivity index (χ3v) is 1.67. The van der Waals surface area contributed by atoms with E-state index in [0.29, 0.717) is 6.42 Å². The minimum Gasteiger partial charge on any atom is -0.243 e. The van der Waals surface area contributed by atoms with Gasteiger partial charge in [0.05, 0.1) is 0 Å². The summed E-state index contributed by atoms with van der Waals surface area (Å²) < 4.78 is 23.9. The van der Waals surface area contributed by atoms with Gasteiger partial charge in [-0.2, -0.15) is 0 Å². The molecule has 0 aliphatic heterocycles. The predicted octanol–water partition coefficient (Wildman–Crippen LogP) is 1.98. The molecular formula is C4H5F2S. The summed E-state index contributed by atoms with van der Waals surface area (Å²) in [5.74, 6) is 0. The maximum Gasteiger partial charge on any atom is 0.197 e. The molecule has 1 radical (unpaired) electrons. The van der Waals surface area contributed by atoms with E-state index in [0.717, 1.165) is 0 Å². The second-order valence-electron chi connectivity index (χ2n) is 1.79. The van der Waals surface area contributed by atoms with Crippen LogP contribution in [0.5, 0.6) is 0 Å². The van der Waals surface area contributed by atoms with Crippen LogP contribution in [0.3, 0.4) is 0 Å². The van der Waals surface area contributed by atoms with Crippen molar-refractivity contribution in [1.29, 1.82) is 0 Å². The fourth-order valence-corrected chi connectivity index (χ4v) is 0.716. The van der Waals surface area contributed by atoms with Crippen molar-refractivity contribution in [3.05, 3.63) is 0 Å². The van der Waals surface area contributed by atoms with E-state index in [1.54, 1.807) is 0 Å². The van der Waals surface area contributed by atoms with Crippen molar-refractivity contribution in [2.75, 3.05) is 0 Å². The maximum absolute atomic E-state index is 12.0. The van der Waals surface area contributed by atoms with Crippen molar-refractivity contribution < 1.29 is 8.78 Å². The molecule has 0 aromatic rings. The fraction of sp³-hybridized carbons (Fsp3) is 1.00. The lowest BCUT2D eigenvalue weighted by molar-refractivity contribution is 0.0424. The summed E-state index contributed by atoms with van der Waals surface area (Å²) in [5.41, 5.74) is 0. The van der Waals surface area contributed by atoms with Gasteiger partial charge in [0.2, 0.25) is 0 Å². The summed E-state index contributed by atoms with van der Waals surface area (Å²) in [6.07, 6.45) is -0.855. The lowest BCUT2D eigenvalue weighted by Gasteiger charge is -2.31. The van der Waals surface area contributed by atoms with Crippen molar-refractivity contribution >= 4 is 12.6 Å². The highest BCUT2D eigenvalue weighted by Crippen LogP contribution is 2.41. The Balaban J connectivity index is 2.43. The molecule has 7 heavy (non-hydrogen) atoms. The van der Waals surface area contributed by atoms with E-state index in [1.165, 1.54) is 0 Å². The molecule has 1 aliphatic rings. The summed E-state index contributed by atoms with van der Waals surface area (Å²) in [6, 6.07) is 0. The van der Waals surface area contributed by atoms with Gasteiger partial charge >= 0.3 is 0 Å². The zero-order chi connectivity index (χ0) is 5.49. The lowest BCUT2D eigenvalue weighted by Crippen LogP contribution is -2.39. The summed E-state index contributed by atoms with van der Waals surface area (Å²) in [5, 5.41) is -1.90. The molecule has 0 saturated heterocycles. The first kappa shape index (κ1) is 5.35. The number of hydrogen-bond donors (Lipinski definition) is 0. The van der Waals surface area contributed by atoms with Gasteiger partial charge in [-0.05, 0) is 25.5 Å². The van der Waals surface area contributed by atoms with Crippen LogP contribution in [-0.4, -0.2) is 11.2 Å². The highest BCUT2D eigenvalue weighted by molar-refractivity contribution is 7.81. The highest BCUT2D eigenvalue weighted by atomic mass is 32.1. The largest absolute Gasteiger partial charge is 0.243 e. The molecule has 0 aromatic heterocycles. The second kappa shape index (κ2) is 1.34. The van der Waals surface area contributed by atoms with E-state index < -0.39 is 11.2 Å². The van der Waals surface area contributed by atoms with Gasteiger partial charge in [0, 0.05) is 0 Å². The molecule has 0 N–H and O–H groups in total. The Kier molecular flexibility index (Phi) is 1.02. The average molecular weight is 123 g/mol. The first-order chi connectivity index (χ1) is 3.13. The molecule has 1 aliphatic carbocycles. The summed E-state index contributed by atoms with van der Waals surface area (Å²) in [6.45, 7) is 0. The Labute approximate surface area is 46.3 Å². The molecular weight excluding hydrogens is 118 g/mol. The topological polar surface area (TPSA) is 0 Å². The van der Waals surface area contributed by atoms with Crippen LogP contribution in [0.4, 0.5) is 8.78 Å². The van der Waals surface area contributed by atoms with Crippen LogP contribution >= 0.6 is 12.6 Å². The Morgan fingerprint density at radius 1 is 1.71 bits per heavy atom. The van der Waals surface area contributed by atoms with Gasteiger partial charge in [0.15, 0.2) is 5.00 Å². The van der Waals surface area contributed by atoms with Crippen LogP contribution in [0.2, 0.25) is 0 Å². The first-order valence-corrected chi connectivity index (χ1v) is 2.57. The molecule has 41 valence electrons. The molecule has 0 aromatic carbocycles. The molecule has 1 fully saturated rings. The molecule has 1 saturated carbocycles. The first-order valence-electron chi connectivity index (χ1n) is 2.16. The van der Waals surface area contributed by atoms with E-state index >= 15 is 0 Å². The average Bonchev–Trinajstić information content (AvgIpc) is 1.63. The standard InChI is InChI=1S/C4H5F2S/c5-3-1-2-4(3,6)7/h3H,1-2H2. The van der Waals surface area contributed by atoms with Crippen LogP contribution in [0.25, 0.3) is 0 Å². The smallest absolute Gasteiger partial charge is 0.197 e. The Morgan fingerprint density at radius 3 is 2.14 bits per heavy atom. The van der Waals surface area contributed by atoms with Crippen LogP contribution in [-0.2, 0) is 0 Å². The number of halogens is 2.